The normalized spacial score (nSPS) is 20.4. The van der Waals surface area contributed by atoms with Gasteiger partial charge in [0, 0.05) is 37.5 Å². The summed E-state index contributed by atoms with van der Waals surface area (Å²) in [6, 6.07) is 0. The van der Waals surface area contributed by atoms with Crippen molar-refractivity contribution in [2.45, 2.75) is 91.6 Å². The lowest BCUT2D eigenvalue weighted by atomic mass is 9.82. The molecule has 1 saturated carbocycles. The van der Waals surface area contributed by atoms with Crippen LogP contribution in [-0.2, 0) is 14.4 Å². The highest BCUT2D eigenvalue weighted by molar-refractivity contribution is 5.93. The monoisotopic (exact) mass is 403 g/mol. The van der Waals surface area contributed by atoms with E-state index in [2.05, 4.69) is 17.2 Å². The summed E-state index contributed by atoms with van der Waals surface area (Å²) in [5.41, 5.74) is -0.313. The standard InChI is InChI=1S/C24H37NO4/c1-5-6-17-24(3,4)22(28)16-14-19-13-15-21(27)20(19)11-9-7-8-10-12-23(29)25-18(2)26/h14,16,19-20,22,28H,7-13,15,17H2,1-4H3,(H,25,26,29)/b16-14+/t19-,20-,22-/m1/s1. The van der Waals surface area contributed by atoms with Crippen LogP contribution in [-0.4, -0.2) is 28.8 Å². The van der Waals surface area contributed by atoms with E-state index in [9.17, 15) is 19.5 Å². The van der Waals surface area contributed by atoms with Gasteiger partial charge in [-0.05, 0) is 32.1 Å². The van der Waals surface area contributed by atoms with E-state index >= 15 is 0 Å². The third kappa shape index (κ3) is 9.41. The lowest BCUT2D eigenvalue weighted by molar-refractivity contribution is -0.129. The van der Waals surface area contributed by atoms with Crippen LogP contribution in [0.15, 0.2) is 12.2 Å². The summed E-state index contributed by atoms with van der Waals surface area (Å²) >= 11 is 0. The van der Waals surface area contributed by atoms with Gasteiger partial charge in [0.15, 0.2) is 0 Å². The molecular weight excluding hydrogens is 366 g/mol. The molecule has 0 aliphatic heterocycles. The van der Waals surface area contributed by atoms with E-state index in [4.69, 9.17) is 0 Å². The number of Topliss-reactive ketones (excluding diaryl/α,β-unsaturated/α-hetero) is 1. The van der Waals surface area contributed by atoms with E-state index < -0.39 is 6.10 Å². The Labute approximate surface area is 175 Å². The van der Waals surface area contributed by atoms with Crippen molar-refractivity contribution in [2.75, 3.05) is 0 Å². The predicted octanol–water partition coefficient (Wildman–Crippen LogP) is 3.94. The minimum atomic E-state index is -0.583. The van der Waals surface area contributed by atoms with Crippen LogP contribution in [0.3, 0.4) is 0 Å². The first-order valence-corrected chi connectivity index (χ1v) is 10.8. The summed E-state index contributed by atoms with van der Waals surface area (Å²) in [4.78, 5) is 34.5. The van der Waals surface area contributed by atoms with E-state index in [0.29, 0.717) is 25.0 Å². The highest BCUT2D eigenvalue weighted by atomic mass is 16.3. The number of rotatable bonds is 11. The van der Waals surface area contributed by atoms with E-state index in [0.717, 1.165) is 38.5 Å². The Bertz CT molecular complexity index is 654. The second-order valence-electron chi connectivity index (χ2n) is 8.75. The van der Waals surface area contributed by atoms with Crippen LogP contribution < -0.4 is 5.32 Å². The van der Waals surface area contributed by atoms with Crippen LogP contribution >= 0.6 is 0 Å². The molecule has 1 rings (SSSR count). The van der Waals surface area contributed by atoms with Crippen LogP contribution in [0, 0.1) is 29.1 Å². The molecule has 1 fully saturated rings. The Balaban J connectivity index is 2.40. The Morgan fingerprint density at radius 1 is 1.28 bits per heavy atom. The lowest BCUT2D eigenvalue weighted by Gasteiger charge is -2.26. The first kappa shape index (κ1) is 25.1. The van der Waals surface area contributed by atoms with Crippen LogP contribution in [0.4, 0.5) is 0 Å². The molecule has 5 heteroatoms. The second-order valence-corrected chi connectivity index (χ2v) is 8.75. The molecule has 0 aromatic rings. The van der Waals surface area contributed by atoms with E-state index in [-0.39, 0.29) is 29.1 Å². The van der Waals surface area contributed by atoms with Crippen molar-refractivity contribution in [3.05, 3.63) is 12.2 Å². The molecule has 5 nitrogen and oxygen atoms in total. The Morgan fingerprint density at radius 2 is 1.97 bits per heavy atom. The maximum absolute atomic E-state index is 12.3. The first-order chi connectivity index (χ1) is 13.7. The second kappa shape index (κ2) is 12.6. The smallest absolute Gasteiger partial charge is 0.226 e. The molecule has 0 aromatic heterocycles. The summed E-state index contributed by atoms with van der Waals surface area (Å²) in [7, 11) is 0. The number of hydrogen-bond donors (Lipinski definition) is 2. The van der Waals surface area contributed by atoms with Crippen molar-refractivity contribution in [1.82, 2.24) is 5.32 Å². The topological polar surface area (TPSA) is 83.5 Å². The van der Waals surface area contributed by atoms with Gasteiger partial charge >= 0.3 is 0 Å². The molecule has 0 heterocycles. The number of nitrogens with one attached hydrogen (secondary N) is 1. The lowest BCUT2D eigenvalue weighted by Crippen LogP contribution is -2.27. The molecule has 1 aliphatic carbocycles. The van der Waals surface area contributed by atoms with Crippen LogP contribution in [0.25, 0.3) is 0 Å². The third-order valence-electron chi connectivity index (χ3n) is 5.70. The summed E-state index contributed by atoms with van der Waals surface area (Å²) in [6.07, 6.45) is 10.2. The quantitative estimate of drug-likeness (QED) is 0.311. The van der Waals surface area contributed by atoms with Gasteiger partial charge in [-0.25, -0.2) is 0 Å². The van der Waals surface area contributed by atoms with Crippen LogP contribution in [0.2, 0.25) is 0 Å². The van der Waals surface area contributed by atoms with Gasteiger partial charge in [0.05, 0.1) is 6.10 Å². The summed E-state index contributed by atoms with van der Waals surface area (Å²) in [5, 5.41) is 12.8. The van der Waals surface area contributed by atoms with Gasteiger partial charge in [0.2, 0.25) is 11.8 Å². The SMILES string of the molecule is CC#CCC(C)(C)[C@H](O)/C=C/[C@H]1CCC(=O)[C@@H]1CCCCCCC(=O)NC(C)=O. The number of carbonyl (C=O) groups is 3. The Morgan fingerprint density at radius 3 is 2.62 bits per heavy atom. The number of hydrogen-bond acceptors (Lipinski definition) is 4. The van der Waals surface area contributed by atoms with E-state index in [1.54, 1.807) is 6.92 Å². The zero-order chi connectivity index (χ0) is 21.9. The number of unbranched alkanes of at least 4 members (excludes halogenated alkanes) is 3. The maximum Gasteiger partial charge on any atom is 0.226 e. The molecule has 0 unspecified atom stereocenters. The molecular formula is C24H37NO4. The third-order valence-corrected chi connectivity index (χ3v) is 5.70. The fourth-order valence-electron chi connectivity index (χ4n) is 3.73. The fraction of sp³-hybridized carbons (Fsp3) is 0.708. The molecule has 29 heavy (non-hydrogen) atoms. The number of aliphatic hydroxyl groups is 1. The van der Waals surface area contributed by atoms with Gasteiger partial charge in [-0.1, -0.05) is 45.3 Å². The molecule has 0 bridgehead atoms. The highest BCUT2D eigenvalue weighted by Gasteiger charge is 2.33. The minimum absolute atomic E-state index is 0.0398. The van der Waals surface area contributed by atoms with Crippen molar-refractivity contribution in [1.29, 1.82) is 0 Å². The maximum atomic E-state index is 12.3. The number of imide groups is 1. The average Bonchev–Trinajstić information content (AvgIpc) is 3.00. The summed E-state index contributed by atoms with van der Waals surface area (Å²) in [5.74, 6) is 5.93. The highest BCUT2D eigenvalue weighted by Crippen LogP contribution is 2.35. The number of allylic oxidation sites excluding steroid dienone is 1. The number of ketones is 1. The number of amides is 2. The van der Waals surface area contributed by atoms with Crippen molar-refractivity contribution < 1.29 is 19.5 Å². The van der Waals surface area contributed by atoms with Crippen molar-refractivity contribution in [2.24, 2.45) is 17.3 Å². The molecule has 0 radical (unpaired) electrons. The molecule has 0 saturated heterocycles. The summed E-state index contributed by atoms with van der Waals surface area (Å²) < 4.78 is 0. The van der Waals surface area contributed by atoms with Crippen molar-refractivity contribution in [3.8, 4) is 11.8 Å². The molecule has 2 amide bonds. The van der Waals surface area contributed by atoms with Gasteiger partial charge in [-0.3, -0.25) is 19.7 Å². The minimum Gasteiger partial charge on any atom is -0.388 e. The molecule has 0 aromatic carbocycles. The largest absolute Gasteiger partial charge is 0.388 e. The van der Waals surface area contributed by atoms with E-state index in [1.165, 1.54) is 6.92 Å². The Kier molecular flexibility index (Phi) is 10.9. The van der Waals surface area contributed by atoms with Gasteiger partial charge < -0.3 is 5.11 Å². The van der Waals surface area contributed by atoms with Crippen molar-refractivity contribution in [3.63, 3.8) is 0 Å². The molecule has 1 aliphatic rings. The Hall–Kier alpha value is -1.93. The van der Waals surface area contributed by atoms with Gasteiger partial charge in [-0.2, -0.15) is 0 Å². The van der Waals surface area contributed by atoms with Gasteiger partial charge in [0.1, 0.15) is 5.78 Å². The average molecular weight is 404 g/mol. The summed E-state index contributed by atoms with van der Waals surface area (Å²) in [6.45, 7) is 7.13. The molecule has 2 N–H and O–H groups in total. The first-order valence-electron chi connectivity index (χ1n) is 10.8. The number of aliphatic hydroxyl groups excluding tert-OH is 1. The van der Waals surface area contributed by atoms with Gasteiger partial charge in [0.25, 0.3) is 0 Å². The zero-order valence-electron chi connectivity index (χ0n) is 18.4. The number of carbonyl (C=O) groups excluding carboxylic acids is 3. The molecule has 0 spiro atoms. The van der Waals surface area contributed by atoms with Gasteiger partial charge in [-0.15, -0.1) is 11.8 Å². The fourth-order valence-corrected chi connectivity index (χ4v) is 3.73. The predicted molar refractivity (Wildman–Crippen MR) is 115 cm³/mol. The van der Waals surface area contributed by atoms with Crippen LogP contribution in [0.5, 0.6) is 0 Å². The van der Waals surface area contributed by atoms with E-state index in [1.807, 2.05) is 26.0 Å². The van der Waals surface area contributed by atoms with Crippen molar-refractivity contribution >= 4 is 17.6 Å². The molecule has 3 atom stereocenters. The zero-order valence-corrected chi connectivity index (χ0v) is 18.4. The molecule has 162 valence electrons. The van der Waals surface area contributed by atoms with Crippen LogP contribution in [0.1, 0.15) is 85.5 Å².